The summed E-state index contributed by atoms with van der Waals surface area (Å²) in [5.74, 6) is -0.411. The number of aliphatic hydroxyl groups is 1. The number of fused-ring (bicyclic) bond motifs is 1. The van der Waals surface area contributed by atoms with E-state index in [0.717, 1.165) is 58.7 Å². The van der Waals surface area contributed by atoms with E-state index in [0.29, 0.717) is 41.7 Å². The molecular formula is C44H50N8O6S. The zero-order valence-electron chi connectivity index (χ0n) is 33.7. The summed E-state index contributed by atoms with van der Waals surface area (Å²) < 4.78 is 11.8. The molecule has 0 aliphatic carbocycles. The number of carbonyl (C=O) groups excluding carboxylic acids is 2. The van der Waals surface area contributed by atoms with Crippen LogP contribution in [-0.4, -0.2) is 102 Å². The Bertz CT molecular complexity index is 2410. The van der Waals surface area contributed by atoms with Crippen molar-refractivity contribution in [3.8, 4) is 33.3 Å². The fourth-order valence-electron chi connectivity index (χ4n) is 8.39. The topological polar surface area (TPSA) is 183 Å². The Hall–Kier alpha value is -5.64. The van der Waals surface area contributed by atoms with Gasteiger partial charge in [-0.1, -0.05) is 50.2 Å². The SMILES string of the molecule is Cc1ncsc1-c1ccc([C@H](C)NC(=O)[C@@H]2C[C@@H](O)CN2C(=O)[C@@H](c2cc(OCCN3CCC[C@@H](c4cc5cc(-c6ccccc6O)nnc5[nH]4)C3)no2)C(C)C)cc1. The Morgan fingerprint density at radius 1 is 1.07 bits per heavy atom. The highest BCUT2D eigenvalue weighted by molar-refractivity contribution is 7.13. The molecule has 2 saturated heterocycles. The summed E-state index contributed by atoms with van der Waals surface area (Å²) in [7, 11) is 0. The van der Waals surface area contributed by atoms with Gasteiger partial charge in [0.2, 0.25) is 11.8 Å². The molecule has 0 spiro atoms. The van der Waals surface area contributed by atoms with Gasteiger partial charge in [-0.25, -0.2) is 4.98 Å². The maximum Gasteiger partial charge on any atom is 0.254 e. The number of hydrogen-bond donors (Lipinski definition) is 4. The molecule has 0 unspecified atom stereocenters. The zero-order valence-corrected chi connectivity index (χ0v) is 34.5. The lowest BCUT2D eigenvalue weighted by Gasteiger charge is -2.32. The molecule has 2 amide bonds. The number of para-hydroxylation sites is 1. The van der Waals surface area contributed by atoms with Gasteiger partial charge in [-0.2, -0.15) is 0 Å². The Morgan fingerprint density at radius 2 is 1.88 bits per heavy atom. The van der Waals surface area contributed by atoms with Gasteiger partial charge in [0.05, 0.1) is 33.9 Å². The fourth-order valence-corrected chi connectivity index (χ4v) is 9.20. The number of H-pyrrole nitrogens is 1. The number of aromatic amines is 1. The first-order chi connectivity index (χ1) is 28.5. The molecular weight excluding hydrogens is 769 g/mol. The summed E-state index contributed by atoms with van der Waals surface area (Å²) in [5, 5.41) is 37.9. The van der Waals surface area contributed by atoms with Gasteiger partial charge < -0.3 is 34.7 Å². The first kappa shape index (κ1) is 40.2. The van der Waals surface area contributed by atoms with E-state index in [1.807, 2.05) is 75.7 Å². The van der Waals surface area contributed by atoms with Crippen LogP contribution in [0.15, 0.2) is 76.8 Å². The standard InChI is InChI=1S/C44H50N8O6S/c1-25(2)40(44(56)52-23-32(53)20-36(52)43(55)46-26(3)28-11-13-29(14-12-28)41-27(4)45-24-59-41)38-21-39(50-58-38)57-17-16-51-15-7-8-30(22-51)34-18-31-19-35(48-49-42(31)47-34)33-9-5-6-10-37(33)54/h5-6,9-14,18-19,21,24-26,30,32,36,40,53-54H,7-8,15-17,20,22-23H2,1-4H3,(H,46,55)(H,47,49)/t26-,30+,32+,36-,40+/m0/s1. The Kier molecular flexibility index (Phi) is 11.8. The van der Waals surface area contributed by atoms with Gasteiger partial charge in [0.25, 0.3) is 5.88 Å². The highest BCUT2D eigenvalue weighted by Crippen LogP contribution is 2.35. The molecule has 0 saturated carbocycles. The fraction of sp³-hybridized carbons (Fsp3) is 0.409. The van der Waals surface area contributed by atoms with Crippen LogP contribution in [0.3, 0.4) is 0 Å². The molecule has 0 radical (unpaired) electrons. The minimum Gasteiger partial charge on any atom is -0.507 e. The lowest BCUT2D eigenvalue weighted by Crippen LogP contribution is -2.48. The van der Waals surface area contributed by atoms with Crippen molar-refractivity contribution < 1.29 is 29.1 Å². The third-order valence-corrected chi connectivity index (χ3v) is 12.5. The van der Waals surface area contributed by atoms with Gasteiger partial charge in [-0.15, -0.1) is 21.5 Å². The van der Waals surface area contributed by atoms with E-state index in [2.05, 4.69) is 41.6 Å². The lowest BCUT2D eigenvalue weighted by molar-refractivity contribution is -0.141. The molecule has 4 aromatic heterocycles. The van der Waals surface area contributed by atoms with Crippen LogP contribution >= 0.6 is 11.3 Å². The quantitative estimate of drug-likeness (QED) is 0.0987. The van der Waals surface area contributed by atoms with Crippen LogP contribution in [0.5, 0.6) is 11.6 Å². The highest BCUT2D eigenvalue weighted by atomic mass is 32.1. The number of nitrogens with zero attached hydrogens (tertiary/aromatic N) is 6. The van der Waals surface area contributed by atoms with Crippen LogP contribution in [0.4, 0.5) is 0 Å². The number of hydrogen-bond acceptors (Lipinski definition) is 12. The lowest BCUT2D eigenvalue weighted by atomic mass is 9.91. The van der Waals surface area contributed by atoms with E-state index < -0.39 is 18.1 Å². The van der Waals surface area contributed by atoms with E-state index in [1.165, 1.54) is 4.90 Å². The molecule has 15 heteroatoms. The molecule has 8 rings (SSSR count). The predicted molar refractivity (Wildman–Crippen MR) is 224 cm³/mol. The molecule has 2 aliphatic rings. The molecule has 6 aromatic rings. The predicted octanol–water partition coefficient (Wildman–Crippen LogP) is 6.59. The summed E-state index contributed by atoms with van der Waals surface area (Å²) in [6.45, 7) is 10.6. The second kappa shape index (κ2) is 17.3. The number of β-amino-alcohol motifs (C(OH)–C–C–N with tert-alkyl or cyclic N) is 1. The normalized spacial score (nSPS) is 19.6. The number of phenols is 1. The first-order valence-electron chi connectivity index (χ1n) is 20.3. The van der Waals surface area contributed by atoms with Crippen LogP contribution in [-0.2, 0) is 9.59 Å². The molecule has 308 valence electrons. The third kappa shape index (κ3) is 8.73. The number of aliphatic hydroxyl groups excluding tert-OH is 1. The number of rotatable bonds is 13. The Morgan fingerprint density at radius 3 is 2.64 bits per heavy atom. The van der Waals surface area contributed by atoms with Gasteiger partial charge in [0, 0.05) is 54.7 Å². The average Bonchev–Trinajstić information content (AvgIpc) is 4.05. The van der Waals surface area contributed by atoms with Gasteiger partial charge in [0.15, 0.2) is 11.4 Å². The van der Waals surface area contributed by atoms with E-state index in [1.54, 1.807) is 29.5 Å². The summed E-state index contributed by atoms with van der Waals surface area (Å²) in [6.07, 6.45) is 1.40. The molecule has 5 atom stereocenters. The Labute approximate surface area is 346 Å². The smallest absolute Gasteiger partial charge is 0.254 e. The molecule has 6 heterocycles. The first-order valence-corrected chi connectivity index (χ1v) is 21.2. The minimum absolute atomic E-state index is 0.0525. The van der Waals surface area contributed by atoms with Crippen molar-refractivity contribution in [1.29, 1.82) is 0 Å². The number of likely N-dealkylation sites (tertiary alicyclic amines) is 2. The number of piperidine rings is 1. The van der Waals surface area contributed by atoms with Crippen molar-refractivity contribution in [3.05, 3.63) is 95.0 Å². The van der Waals surface area contributed by atoms with E-state index in [-0.39, 0.29) is 48.4 Å². The van der Waals surface area contributed by atoms with Gasteiger partial charge >= 0.3 is 0 Å². The third-order valence-electron chi connectivity index (χ3n) is 11.6. The van der Waals surface area contributed by atoms with Crippen molar-refractivity contribution in [2.45, 2.75) is 77.0 Å². The maximum absolute atomic E-state index is 14.2. The maximum atomic E-state index is 14.2. The molecule has 2 aromatic carbocycles. The van der Waals surface area contributed by atoms with Gasteiger partial charge in [-0.3, -0.25) is 14.5 Å². The average molecular weight is 819 g/mol. The van der Waals surface area contributed by atoms with Crippen LogP contribution < -0.4 is 10.1 Å². The van der Waals surface area contributed by atoms with Crippen LogP contribution in [0.1, 0.15) is 80.6 Å². The van der Waals surface area contributed by atoms with Crippen molar-refractivity contribution in [2.24, 2.45) is 5.92 Å². The van der Waals surface area contributed by atoms with Crippen LogP contribution in [0.2, 0.25) is 0 Å². The molecule has 14 nitrogen and oxygen atoms in total. The number of benzene rings is 2. The number of aryl methyl sites for hydroxylation is 1. The number of aromatic nitrogens is 5. The summed E-state index contributed by atoms with van der Waals surface area (Å²) >= 11 is 1.59. The summed E-state index contributed by atoms with van der Waals surface area (Å²) in [6, 6.07) is 19.8. The number of carbonyl (C=O) groups is 2. The highest BCUT2D eigenvalue weighted by Gasteiger charge is 2.43. The number of nitrogens with one attached hydrogen (secondary N) is 2. The van der Waals surface area contributed by atoms with E-state index in [4.69, 9.17) is 9.26 Å². The Balaban J connectivity index is 0.859. The molecule has 2 fully saturated rings. The molecule has 0 bridgehead atoms. The number of aromatic hydroxyl groups is 1. The van der Waals surface area contributed by atoms with Crippen LogP contribution in [0, 0.1) is 12.8 Å². The van der Waals surface area contributed by atoms with Crippen molar-refractivity contribution in [1.82, 2.24) is 40.4 Å². The van der Waals surface area contributed by atoms with Gasteiger partial charge in [-0.05, 0) is 79.7 Å². The molecule has 4 N–H and O–H groups in total. The monoisotopic (exact) mass is 818 g/mol. The van der Waals surface area contributed by atoms with Crippen molar-refractivity contribution >= 4 is 34.2 Å². The summed E-state index contributed by atoms with van der Waals surface area (Å²) in [5.41, 5.74) is 7.90. The second-order valence-electron chi connectivity index (χ2n) is 16.1. The largest absolute Gasteiger partial charge is 0.507 e. The van der Waals surface area contributed by atoms with Crippen LogP contribution in [0.25, 0.3) is 32.7 Å². The number of ether oxygens (including phenoxy) is 1. The molecule has 59 heavy (non-hydrogen) atoms. The zero-order chi connectivity index (χ0) is 41.2. The number of phenolic OH excluding ortho intramolecular Hbond substituents is 1. The van der Waals surface area contributed by atoms with E-state index >= 15 is 0 Å². The number of thiazole rings is 1. The van der Waals surface area contributed by atoms with Gasteiger partial charge in [0.1, 0.15) is 24.3 Å². The second-order valence-corrected chi connectivity index (χ2v) is 16.9. The molecule has 2 aliphatic heterocycles. The van der Waals surface area contributed by atoms with E-state index in [9.17, 15) is 19.8 Å². The summed E-state index contributed by atoms with van der Waals surface area (Å²) in [4.78, 5) is 40.6. The minimum atomic E-state index is -0.828. The van der Waals surface area contributed by atoms with Crippen molar-refractivity contribution in [2.75, 3.05) is 32.8 Å². The number of amides is 2. The van der Waals surface area contributed by atoms with Crippen molar-refractivity contribution in [3.63, 3.8) is 0 Å².